The van der Waals surface area contributed by atoms with Gasteiger partial charge >= 0.3 is 5.97 Å². The lowest BCUT2D eigenvalue weighted by atomic mass is 10.0. The minimum atomic E-state index is -1.39. The van der Waals surface area contributed by atoms with Crippen LogP contribution in [0.5, 0.6) is 17.5 Å². The highest BCUT2D eigenvalue weighted by molar-refractivity contribution is 5.94. The zero-order chi connectivity index (χ0) is 30.2. The molecule has 8 nitrogen and oxygen atoms in total. The van der Waals surface area contributed by atoms with Crippen LogP contribution in [-0.4, -0.2) is 28.1 Å². The zero-order valence-corrected chi connectivity index (χ0v) is 23.1. The fourth-order valence-corrected chi connectivity index (χ4v) is 4.20. The van der Waals surface area contributed by atoms with E-state index in [0.29, 0.717) is 29.3 Å². The molecule has 0 radical (unpaired) electrons. The second kappa shape index (κ2) is 13.7. The van der Waals surface area contributed by atoms with Crippen molar-refractivity contribution in [2.45, 2.75) is 39.5 Å². The number of nitrogens with one attached hydrogen (secondary N) is 1. The fourth-order valence-electron chi connectivity index (χ4n) is 4.20. The molecule has 10 heteroatoms. The Morgan fingerprint density at radius 3 is 2.31 bits per heavy atom. The normalized spacial score (nSPS) is 11.7. The van der Waals surface area contributed by atoms with Crippen LogP contribution >= 0.6 is 0 Å². The molecule has 4 rings (SSSR count). The summed E-state index contributed by atoms with van der Waals surface area (Å²) in [7, 11) is 0. The van der Waals surface area contributed by atoms with E-state index in [1.807, 2.05) is 36.4 Å². The zero-order valence-electron chi connectivity index (χ0n) is 23.1. The number of rotatable bonds is 12. The maximum absolute atomic E-state index is 14.8. The average Bonchev–Trinajstić information content (AvgIpc) is 2.98. The van der Waals surface area contributed by atoms with Gasteiger partial charge in [0.25, 0.3) is 17.7 Å². The Hall–Kier alpha value is -4.83. The van der Waals surface area contributed by atoms with Crippen molar-refractivity contribution in [1.82, 2.24) is 10.3 Å². The molecular formula is C32H31F2N3O5. The summed E-state index contributed by atoms with van der Waals surface area (Å²) < 4.78 is 40.4. The van der Waals surface area contributed by atoms with Crippen LogP contribution in [0.1, 0.15) is 41.8 Å². The number of nitrogens with two attached hydrogens (primary N) is 1. The smallest absolute Gasteiger partial charge is 0.344 e. The monoisotopic (exact) mass is 575 g/mol. The maximum Gasteiger partial charge on any atom is 0.344 e. The minimum Gasteiger partial charge on any atom is -0.479 e. The fraction of sp³-hybridized carbons (Fsp3) is 0.219. The highest BCUT2D eigenvalue weighted by Crippen LogP contribution is 2.32. The number of ether oxygens (including phenoxy) is 2. The van der Waals surface area contributed by atoms with E-state index in [4.69, 9.17) is 15.2 Å². The van der Waals surface area contributed by atoms with E-state index in [9.17, 15) is 23.5 Å². The number of pyridine rings is 1. The lowest BCUT2D eigenvalue weighted by molar-refractivity contribution is -0.146. The second-order valence-electron chi connectivity index (χ2n) is 10.1. The first-order valence-corrected chi connectivity index (χ1v) is 13.3. The molecule has 1 atom stereocenters. The van der Waals surface area contributed by atoms with Gasteiger partial charge in [-0.2, -0.15) is 4.98 Å². The second-order valence-corrected chi connectivity index (χ2v) is 10.1. The van der Waals surface area contributed by atoms with Crippen molar-refractivity contribution in [3.63, 3.8) is 0 Å². The Morgan fingerprint density at radius 1 is 0.905 bits per heavy atom. The molecule has 0 unspecified atom stereocenters. The van der Waals surface area contributed by atoms with E-state index in [1.54, 1.807) is 50.2 Å². The number of hydrogen-bond donors (Lipinski definition) is 3. The molecule has 0 aliphatic heterocycles. The molecule has 0 saturated heterocycles. The summed E-state index contributed by atoms with van der Waals surface area (Å²) in [6.07, 6.45) is -1.30. The predicted molar refractivity (Wildman–Crippen MR) is 153 cm³/mol. The first kappa shape index (κ1) is 30.1. The van der Waals surface area contributed by atoms with Gasteiger partial charge in [-0.05, 0) is 71.0 Å². The number of nitrogens with zero attached hydrogens (tertiary/aromatic N) is 1. The molecule has 218 valence electrons. The van der Waals surface area contributed by atoms with Crippen LogP contribution in [0.2, 0.25) is 0 Å². The Morgan fingerprint density at radius 2 is 1.62 bits per heavy atom. The van der Waals surface area contributed by atoms with Crippen LogP contribution in [0, 0.1) is 17.6 Å². The Balaban J connectivity index is 1.67. The first-order chi connectivity index (χ1) is 20.1. The van der Waals surface area contributed by atoms with Crippen LogP contribution in [0.4, 0.5) is 8.78 Å². The number of aromatic nitrogens is 1. The molecule has 1 amide bonds. The van der Waals surface area contributed by atoms with E-state index in [1.165, 1.54) is 0 Å². The molecule has 0 bridgehead atoms. The molecule has 1 aromatic heterocycles. The van der Waals surface area contributed by atoms with E-state index >= 15 is 0 Å². The van der Waals surface area contributed by atoms with Crippen molar-refractivity contribution in [2.75, 3.05) is 0 Å². The minimum absolute atomic E-state index is 0.0633. The summed E-state index contributed by atoms with van der Waals surface area (Å²) in [4.78, 5) is 28.1. The Labute approximate surface area is 242 Å². The van der Waals surface area contributed by atoms with Crippen molar-refractivity contribution < 1.29 is 33.0 Å². The lowest BCUT2D eigenvalue weighted by Crippen LogP contribution is -2.29. The number of amides is 1. The summed E-state index contributed by atoms with van der Waals surface area (Å²) in [5.74, 6) is -5.06. The number of benzene rings is 3. The summed E-state index contributed by atoms with van der Waals surface area (Å²) in [5.41, 5.74) is 9.31. The van der Waals surface area contributed by atoms with Crippen molar-refractivity contribution >= 4 is 11.9 Å². The van der Waals surface area contributed by atoms with Crippen LogP contribution in [0.25, 0.3) is 11.1 Å². The molecule has 4 aromatic rings. The van der Waals surface area contributed by atoms with Gasteiger partial charge in [0.05, 0.1) is 0 Å². The Bertz CT molecular complexity index is 1560. The number of carboxylic acid groups (broad SMARTS) is 1. The third-order valence-electron chi connectivity index (χ3n) is 6.25. The number of carbonyl (C=O) groups excluding carboxylic acids is 1. The third kappa shape index (κ3) is 7.88. The van der Waals surface area contributed by atoms with Gasteiger partial charge in [-0.3, -0.25) is 4.79 Å². The van der Waals surface area contributed by atoms with Crippen molar-refractivity contribution in [2.24, 2.45) is 11.7 Å². The van der Waals surface area contributed by atoms with Crippen LogP contribution in [0.3, 0.4) is 0 Å². The van der Waals surface area contributed by atoms with Crippen molar-refractivity contribution in [1.29, 1.82) is 0 Å². The topological polar surface area (TPSA) is 124 Å². The molecule has 0 spiro atoms. The van der Waals surface area contributed by atoms with Crippen molar-refractivity contribution in [3.05, 3.63) is 107 Å². The number of carbonyl (C=O) groups is 2. The SMILES string of the molecule is CC(C)C[C@@H](Oc1nc(Oc2cc(CNC(=O)c3ccccc3)cc(-c3cccc(CN)c3)c2)c(F)cc1F)C(=O)O. The summed E-state index contributed by atoms with van der Waals surface area (Å²) in [6.45, 7) is 4.03. The maximum atomic E-state index is 14.8. The Kier molecular flexibility index (Phi) is 9.82. The van der Waals surface area contributed by atoms with Gasteiger partial charge in [-0.15, -0.1) is 0 Å². The largest absolute Gasteiger partial charge is 0.479 e. The molecule has 3 aromatic carbocycles. The summed E-state index contributed by atoms with van der Waals surface area (Å²) in [6, 6.07) is 21.8. The van der Waals surface area contributed by atoms with Crippen LogP contribution < -0.4 is 20.5 Å². The molecular weight excluding hydrogens is 544 g/mol. The molecule has 0 aliphatic carbocycles. The van der Waals surface area contributed by atoms with Crippen LogP contribution in [-0.2, 0) is 17.9 Å². The number of carboxylic acids is 1. The average molecular weight is 576 g/mol. The molecule has 0 saturated carbocycles. The number of aliphatic carboxylic acids is 1. The summed E-state index contributed by atoms with van der Waals surface area (Å²) in [5, 5.41) is 12.3. The highest BCUT2D eigenvalue weighted by Gasteiger charge is 2.25. The van der Waals surface area contributed by atoms with Gasteiger partial charge < -0.3 is 25.6 Å². The van der Waals surface area contributed by atoms with E-state index in [0.717, 1.165) is 11.1 Å². The van der Waals surface area contributed by atoms with Crippen LogP contribution in [0.15, 0.2) is 78.9 Å². The van der Waals surface area contributed by atoms with Gasteiger partial charge in [0.2, 0.25) is 0 Å². The predicted octanol–water partition coefficient (Wildman–Crippen LogP) is 6.09. The number of hydrogen-bond acceptors (Lipinski definition) is 6. The highest BCUT2D eigenvalue weighted by atomic mass is 19.1. The molecule has 4 N–H and O–H groups in total. The van der Waals surface area contributed by atoms with E-state index in [-0.39, 0.29) is 30.5 Å². The van der Waals surface area contributed by atoms with Gasteiger partial charge in [-0.25, -0.2) is 13.6 Å². The number of halogens is 2. The van der Waals surface area contributed by atoms with Crippen molar-refractivity contribution in [3.8, 4) is 28.6 Å². The van der Waals surface area contributed by atoms with Gasteiger partial charge in [0, 0.05) is 24.7 Å². The quantitative estimate of drug-likeness (QED) is 0.187. The standard InChI is InChI=1S/C32H31F2N3O5/c1-19(2)11-28(32(39)40)42-31-27(34)16-26(33)30(37-31)41-25-14-21(18-36-29(38)22-8-4-3-5-9-22)13-24(15-25)23-10-6-7-20(12-23)17-35/h3-10,12-16,19,28H,11,17-18,35H2,1-2H3,(H,36,38)(H,39,40)/t28-/m1/s1. The van der Waals surface area contributed by atoms with E-state index in [2.05, 4.69) is 10.3 Å². The third-order valence-corrected chi connectivity index (χ3v) is 6.25. The van der Waals surface area contributed by atoms with Gasteiger partial charge in [0.15, 0.2) is 17.7 Å². The lowest BCUT2D eigenvalue weighted by Gasteiger charge is -2.17. The summed E-state index contributed by atoms with van der Waals surface area (Å²) >= 11 is 0. The van der Waals surface area contributed by atoms with Gasteiger partial charge in [0.1, 0.15) is 5.75 Å². The van der Waals surface area contributed by atoms with E-state index < -0.39 is 35.5 Å². The molecule has 42 heavy (non-hydrogen) atoms. The molecule has 1 heterocycles. The first-order valence-electron chi connectivity index (χ1n) is 13.3. The molecule has 0 fully saturated rings. The molecule has 0 aliphatic rings. The van der Waals surface area contributed by atoms with Gasteiger partial charge in [-0.1, -0.05) is 50.2 Å².